The summed E-state index contributed by atoms with van der Waals surface area (Å²) in [4.78, 5) is 17.9. The minimum absolute atomic E-state index is 0.197. The summed E-state index contributed by atoms with van der Waals surface area (Å²) >= 11 is 6.24. The van der Waals surface area contributed by atoms with Crippen LogP contribution in [0.2, 0.25) is 5.02 Å². The van der Waals surface area contributed by atoms with Gasteiger partial charge in [-0.1, -0.05) is 24.1 Å². The van der Waals surface area contributed by atoms with Crippen molar-refractivity contribution in [3.8, 4) is 0 Å². The Labute approximate surface area is 201 Å². The number of piperazine rings is 1. The number of aryl methyl sites for hydroxylation is 1. The summed E-state index contributed by atoms with van der Waals surface area (Å²) < 4.78 is 28.0. The van der Waals surface area contributed by atoms with Crippen molar-refractivity contribution < 1.29 is 13.2 Å². The topological polar surface area (TPSA) is 73.0 Å². The van der Waals surface area contributed by atoms with Gasteiger partial charge in [0, 0.05) is 49.9 Å². The molecule has 2 aliphatic rings. The molecule has 2 aromatic rings. The second kappa shape index (κ2) is 10.0. The maximum absolute atomic E-state index is 13.2. The minimum atomic E-state index is -3.64. The number of carbonyl (C=O) groups excluding carboxylic acids is 1. The maximum Gasteiger partial charge on any atom is 0.255 e. The Morgan fingerprint density at radius 3 is 2.33 bits per heavy atom. The van der Waals surface area contributed by atoms with Crippen LogP contribution in [-0.2, 0) is 10.0 Å². The summed E-state index contributed by atoms with van der Waals surface area (Å²) in [6.45, 7) is 6.38. The summed E-state index contributed by atoms with van der Waals surface area (Å²) in [6, 6.07) is 10.3. The normalized spacial score (nSPS) is 18.3. The number of nitrogens with one attached hydrogen (secondary N) is 1. The number of rotatable bonds is 5. The van der Waals surface area contributed by atoms with Crippen molar-refractivity contribution in [2.24, 2.45) is 0 Å². The third-order valence-electron chi connectivity index (χ3n) is 6.43. The van der Waals surface area contributed by atoms with Crippen LogP contribution >= 0.6 is 11.6 Å². The molecule has 0 aromatic heterocycles. The second-order valence-corrected chi connectivity index (χ2v) is 11.2. The van der Waals surface area contributed by atoms with E-state index in [0.29, 0.717) is 34.9 Å². The average Bonchev–Trinajstić information content (AvgIpc) is 2.80. The summed E-state index contributed by atoms with van der Waals surface area (Å²) in [5.41, 5.74) is 2.48. The predicted molar refractivity (Wildman–Crippen MR) is 133 cm³/mol. The third kappa shape index (κ3) is 5.35. The zero-order valence-corrected chi connectivity index (χ0v) is 20.8. The van der Waals surface area contributed by atoms with Crippen molar-refractivity contribution in [3.05, 3.63) is 52.5 Å². The number of sulfonamides is 1. The molecule has 7 nitrogen and oxygen atoms in total. The van der Waals surface area contributed by atoms with Gasteiger partial charge < -0.3 is 15.1 Å². The molecular formula is C24H31ClN4O3S. The lowest BCUT2D eigenvalue weighted by Crippen LogP contribution is -2.44. The maximum atomic E-state index is 13.2. The number of piperidine rings is 1. The molecule has 2 aromatic carbocycles. The number of likely N-dealkylation sites (N-methyl/N-ethyl adjacent to an activating group) is 1. The third-order valence-corrected chi connectivity index (χ3v) is 8.71. The number of hydrogen-bond acceptors (Lipinski definition) is 5. The Balaban J connectivity index is 1.60. The molecule has 0 radical (unpaired) electrons. The van der Waals surface area contributed by atoms with E-state index in [1.807, 2.05) is 12.1 Å². The van der Waals surface area contributed by atoms with Crippen LogP contribution in [0, 0.1) is 6.92 Å². The molecule has 2 fully saturated rings. The first-order valence-electron chi connectivity index (χ1n) is 11.4. The number of amides is 1. The summed E-state index contributed by atoms with van der Waals surface area (Å²) in [5, 5.41) is 3.49. The number of halogens is 1. The van der Waals surface area contributed by atoms with Crippen LogP contribution < -0.4 is 10.2 Å². The van der Waals surface area contributed by atoms with Crippen LogP contribution in [0.25, 0.3) is 0 Å². The summed E-state index contributed by atoms with van der Waals surface area (Å²) in [5.74, 6) is -0.359. The SMILES string of the molecule is Cc1ccc(C(=O)Nc2cc(Cl)ccc2N2CCN(C)CC2)cc1S(=O)(=O)N1CCCCC1. The number of anilines is 2. The molecule has 2 aliphatic heterocycles. The van der Waals surface area contributed by atoms with E-state index < -0.39 is 10.0 Å². The van der Waals surface area contributed by atoms with E-state index >= 15 is 0 Å². The molecule has 0 atom stereocenters. The minimum Gasteiger partial charge on any atom is -0.367 e. The van der Waals surface area contributed by atoms with Gasteiger partial charge in [-0.15, -0.1) is 0 Å². The Bertz CT molecular complexity index is 1120. The zero-order chi connectivity index (χ0) is 23.6. The van der Waals surface area contributed by atoms with Crippen LogP contribution in [0.15, 0.2) is 41.3 Å². The van der Waals surface area contributed by atoms with Crippen LogP contribution in [-0.4, -0.2) is 69.8 Å². The lowest BCUT2D eigenvalue weighted by Gasteiger charge is -2.35. The molecule has 0 spiro atoms. The molecule has 2 heterocycles. The molecule has 33 heavy (non-hydrogen) atoms. The number of hydrogen-bond donors (Lipinski definition) is 1. The molecule has 2 saturated heterocycles. The summed E-state index contributed by atoms with van der Waals surface area (Å²) in [6.07, 6.45) is 2.77. The van der Waals surface area contributed by atoms with Gasteiger partial charge in [-0.2, -0.15) is 4.31 Å². The molecule has 1 amide bonds. The standard InChI is InChI=1S/C24H31ClN4O3S/c1-18-6-7-19(16-23(18)33(31,32)29-10-4-3-5-11-29)24(30)26-21-17-20(25)8-9-22(21)28-14-12-27(2)13-15-28/h6-9,16-17H,3-5,10-15H2,1-2H3,(H,26,30). The molecule has 9 heteroatoms. The average molecular weight is 491 g/mol. The molecule has 1 N–H and O–H groups in total. The molecule has 0 unspecified atom stereocenters. The molecule has 0 saturated carbocycles. The van der Waals surface area contributed by atoms with E-state index in [1.165, 1.54) is 10.4 Å². The van der Waals surface area contributed by atoms with Gasteiger partial charge in [0.05, 0.1) is 16.3 Å². The Hall–Kier alpha value is -2.13. The molecule has 0 bridgehead atoms. The Kier molecular flexibility index (Phi) is 7.28. The first-order chi connectivity index (χ1) is 15.8. The van der Waals surface area contributed by atoms with Gasteiger partial charge in [-0.3, -0.25) is 4.79 Å². The smallest absolute Gasteiger partial charge is 0.255 e. The van der Waals surface area contributed by atoms with E-state index in [0.717, 1.165) is 51.1 Å². The second-order valence-electron chi connectivity index (χ2n) is 8.85. The fourth-order valence-corrected chi connectivity index (χ4v) is 6.33. The fourth-order valence-electron chi connectivity index (χ4n) is 4.39. The van der Waals surface area contributed by atoms with Crippen LogP contribution in [0.3, 0.4) is 0 Å². The van der Waals surface area contributed by atoms with Crippen molar-refractivity contribution in [3.63, 3.8) is 0 Å². The predicted octanol–water partition coefficient (Wildman–Crippen LogP) is 3.83. The van der Waals surface area contributed by atoms with Crippen LogP contribution in [0.1, 0.15) is 35.2 Å². The van der Waals surface area contributed by atoms with E-state index in [9.17, 15) is 13.2 Å². The molecule has 0 aliphatic carbocycles. The lowest BCUT2D eigenvalue weighted by molar-refractivity contribution is 0.102. The molecule has 178 valence electrons. The molecule has 4 rings (SSSR count). The highest BCUT2D eigenvalue weighted by Crippen LogP contribution is 2.31. The van der Waals surface area contributed by atoms with Gasteiger partial charge in [-0.05, 0) is 62.7 Å². The van der Waals surface area contributed by atoms with Crippen molar-refractivity contribution in [1.82, 2.24) is 9.21 Å². The number of carbonyl (C=O) groups is 1. The first-order valence-corrected chi connectivity index (χ1v) is 13.2. The highest BCUT2D eigenvalue weighted by Gasteiger charge is 2.28. The quantitative estimate of drug-likeness (QED) is 0.689. The van der Waals surface area contributed by atoms with Crippen LogP contribution in [0.4, 0.5) is 11.4 Å². The van der Waals surface area contributed by atoms with Crippen molar-refractivity contribution in [1.29, 1.82) is 0 Å². The van der Waals surface area contributed by atoms with Gasteiger partial charge in [0.25, 0.3) is 5.91 Å². The van der Waals surface area contributed by atoms with Crippen molar-refractivity contribution in [2.45, 2.75) is 31.1 Å². The Morgan fingerprint density at radius 1 is 0.939 bits per heavy atom. The largest absolute Gasteiger partial charge is 0.367 e. The van der Waals surface area contributed by atoms with Gasteiger partial charge >= 0.3 is 0 Å². The van der Waals surface area contributed by atoms with Gasteiger partial charge in [0.2, 0.25) is 10.0 Å². The van der Waals surface area contributed by atoms with Crippen LogP contribution in [0.5, 0.6) is 0 Å². The zero-order valence-electron chi connectivity index (χ0n) is 19.2. The fraction of sp³-hybridized carbons (Fsp3) is 0.458. The van der Waals surface area contributed by atoms with E-state index in [-0.39, 0.29) is 10.8 Å². The molecular weight excluding hydrogens is 460 g/mol. The lowest BCUT2D eigenvalue weighted by atomic mass is 10.1. The van der Waals surface area contributed by atoms with Gasteiger partial charge in [-0.25, -0.2) is 8.42 Å². The van der Waals surface area contributed by atoms with E-state index in [2.05, 4.69) is 22.2 Å². The van der Waals surface area contributed by atoms with E-state index in [1.54, 1.807) is 25.1 Å². The highest BCUT2D eigenvalue weighted by atomic mass is 35.5. The van der Waals surface area contributed by atoms with Gasteiger partial charge in [0.15, 0.2) is 0 Å². The first kappa shape index (κ1) is 24.0. The Morgan fingerprint density at radius 2 is 1.64 bits per heavy atom. The van der Waals surface area contributed by atoms with Crippen molar-refractivity contribution >= 4 is 38.9 Å². The number of benzene rings is 2. The van der Waals surface area contributed by atoms with Gasteiger partial charge in [0.1, 0.15) is 0 Å². The monoisotopic (exact) mass is 490 g/mol. The number of nitrogens with zero attached hydrogens (tertiary/aromatic N) is 3. The highest BCUT2D eigenvalue weighted by molar-refractivity contribution is 7.89. The van der Waals surface area contributed by atoms with Crippen molar-refractivity contribution in [2.75, 3.05) is 56.5 Å². The summed E-state index contributed by atoms with van der Waals surface area (Å²) in [7, 11) is -1.55. The van der Waals surface area contributed by atoms with E-state index in [4.69, 9.17) is 11.6 Å².